The zero-order valence-electron chi connectivity index (χ0n) is 16.5. The Morgan fingerprint density at radius 2 is 1.85 bits per heavy atom. The van der Waals surface area contributed by atoms with E-state index in [9.17, 15) is 14.4 Å². The number of esters is 1. The van der Waals surface area contributed by atoms with Crippen molar-refractivity contribution >= 4 is 29.5 Å². The highest BCUT2D eigenvalue weighted by Gasteiger charge is 2.25. The first-order chi connectivity index (χ1) is 12.7. The Balaban J connectivity index is 2.75. The van der Waals surface area contributed by atoms with Gasteiger partial charge in [0.05, 0.1) is 12.7 Å². The van der Waals surface area contributed by atoms with Crippen LogP contribution in [0.2, 0.25) is 0 Å². The molecule has 0 aliphatic heterocycles. The molecule has 2 amide bonds. The molecule has 0 spiro atoms. The molecule has 0 aromatic heterocycles. The Morgan fingerprint density at radius 3 is 2.44 bits per heavy atom. The van der Waals surface area contributed by atoms with E-state index in [-0.39, 0.29) is 0 Å². The number of ether oxygens (including phenoxy) is 2. The summed E-state index contributed by atoms with van der Waals surface area (Å²) < 4.78 is 10.3. The molecule has 0 unspecified atom stereocenters. The Hall–Kier alpha value is -2.22. The molecular weight excluding hydrogens is 368 g/mol. The van der Waals surface area contributed by atoms with Gasteiger partial charge in [0.15, 0.2) is 6.61 Å². The number of nitrogens with one attached hydrogen (secondary N) is 2. The van der Waals surface area contributed by atoms with E-state index in [0.29, 0.717) is 23.5 Å². The van der Waals surface area contributed by atoms with Gasteiger partial charge >= 0.3 is 5.97 Å². The molecule has 1 atom stereocenters. The minimum Gasteiger partial charge on any atom is -0.496 e. The summed E-state index contributed by atoms with van der Waals surface area (Å²) in [6.07, 6.45) is 2.29. The zero-order valence-corrected chi connectivity index (χ0v) is 17.3. The standard InChI is InChI=1S/C19H28N2O5S/c1-19(2,3)21-16(22)12-26-18(24)14(10-11-27-5)20-17(23)13-8-6-7-9-15(13)25-4/h6-9,14H,10-12H2,1-5H3,(H,20,23)(H,21,22)/t14-/m1/s1. The van der Waals surface area contributed by atoms with Crippen LogP contribution in [-0.4, -0.2) is 55.1 Å². The van der Waals surface area contributed by atoms with Crippen molar-refractivity contribution < 1.29 is 23.9 Å². The maximum absolute atomic E-state index is 12.5. The van der Waals surface area contributed by atoms with E-state index >= 15 is 0 Å². The Morgan fingerprint density at radius 1 is 1.19 bits per heavy atom. The van der Waals surface area contributed by atoms with Gasteiger partial charge in [-0.1, -0.05) is 12.1 Å². The molecule has 0 radical (unpaired) electrons. The predicted octanol–water partition coefficient (Wildman–Crippen LogP) is 2.00. The third kappa shape index (κ3) is 8.34. The second-order valence-corrected chi connectivity index (χ2v) is 7.90. The molecule has 8 heteroatoms. The van der Waals surface area contributed by atoms with E-state index in [0.717, 1.165) is 0 Å². The number of thioether (sulfide) groups is 1. The van der Waals surface area contributed by atoms with Gasteiger partial charge in [-0.25, -0.2) is 4.79 Å². The molecule has 0 aliphatic carbocycles. The predicted molar refractivity (Wildman–Crippen MR) is 106 cm³/mol. The largest absolute Gasteiger partial charge is 0.496 e. The van der Waals surface area contributed by atoms with Gasteiger partial charge in [0.25, 0.3) is 11.8 Å². The van der Waals surface area contributed by atoms with E-state index < -0.39 is 36.0 Å². The van der Waals surface area contributed by atoms with Crippen molar-refractivity contribution in [1.82, 2.24) is 10.6 Å². The van der Waals surface area contributed by atoms with Crippen LogP contribution in [0.1, 0.15) is 37.6 Å². The van der Waals surface area contributed by atoms with Crippen LogP contribution in [0.3, 0.4) is 0 Å². The van der Waals surface area contributed by atoms with Gasteiger partial charge in [0.2, 0.25) is 0 Å². The molecule has 1 aromatic carbocycles. The fourth-order valence-electron chi connectivity index (χ4n) is 2.24. The number of carbonyl (C=O) groups excluding carboxylic acids is 3. The molecule has 0 aliphatic rings. The minimum absolute atomic E-state index is 0.326. The number of rotatable bonds is 9. The highest BCUT2D eigenvalue weighted by molar-refractivity contribution is 7.98. The maximum Gasteiger partial charge on any atom is 0.329 e. The minimum atomic E-state index is -0.850. The molecule has 0 saturated heterocycles. The summed E-state index contributed by atoms with van der Waals surface area (Å²) in [4.78, 5) is 36.8. The molecule has 0 fully saturated rings. The highest BCUT2D eigenvalue weighted by Crippen LogP contribution is 2.17. The average molecular weight is 397 g/mol. The number of para-hydroxylation sites is 1. The van der Waals surface area contributed by atoms with Crippen molar-refractivity contribution in [1.29, 1.82) is 0 Å². The van der Waals surface area contributed by atoms with Crippen molar-refractivity contribution in [2.75, 3.05) is 25.7 Å². The normalized spacial score (nSPS) is 12.0. The monoisotopic (exact) mass is 396 g/mol. The lowest BCUT2D eigenvalue weighted by molar-refractivity contribution is -0.150. The summed E-state index contributed by atoms with van der Waals surface area (Å²) in [5, 5.41) is 5.39. The Bertz CT molecular complexity index is 658. The van der Waals surface area contributed by atoms with Gasteiger partial charge in [0, 0.05) is 5.54 Å². The van der Waals surface area contributed by atoms with Gasteiger partial charge in [-0.15, -0.1) is 0 Å². The van der Waals surface area contributed by atoms with Crippen LogP contribution in [0.4, 0.5) is 0 Å². The van der Waals surface area contributed by atoms with Crippen LogP contribution in [0.5, 0.6) is 5.75 Å². The second-order valence-electron chi connectivity index (χ2n) is 6.91. The third-order valence-corrected chi connectivity index (χ3v) is 4.06. The SMILES string of the molecule is COc1ccccc1C(=O)N[C@H](CCSC)C(=O)OCC(=O)NC(C)(C)C. The molecular formula is C19H28N2O5S. The Kier molecular flexibility index (Phi) is 9.14. The second kappa shape index (κ2) is 10.8. The molecule has 0 bridgehead atoms. The molecule has 0 heterocycles. The molecule has 1 aromatic rings. The highest BCUT2D eigenvalue weighted by atomic mass is 32.2. The fourth-order valence-corrected chi connectivity index (χ4v) is 2.72. The zero-order chi connectivity index (χ0) is 20.4. The van der Waals surface area contributed by atoms with Crippen LogP contribution in [-0.2, 0) is 14.3 Å². The van der Waals surface area contributed by atoms with Crippen LogP contribution in [0, 0.1) is 0 Å². The molecule has 0 saturated carbocycles. The quantitative estimate of drug-likeness (QED) is 0.620. The summed E-state index contributed by atoms with van der Waals surface area (Å²) in [6, 6.07) is 5.90. The number of carbonyl (C=O) groups is 3. The lowest BCUT2D eigenvalue weighted by Crippen LogP contribution is -2.45. The van der Waals surface area contributed by atoms with Crippen LogP contribution < -0.4 is 15.4 Å². The first kappa shape index (κ1) is 22.8. The van der Waals surface area contributed by atoms with Crippen molar-refractivity contribution in [2.24, 2.45) is 0 Å². The van der Waals surface area contributed by atoms with Crippen molar-refractivity contribution in [3.63, 3.8) is 0 Å². The summed E-state index contributed by atoms with van der Waals surface area (Å²) >= 11 is 1.55. The van der Waals surface area contributed by atoms with E-state index in [1.807, 2.05) is 27.0 Å². The van der Waals surface area contributed by atoms with Crippen molar-refractivity contribution in [3.05, 3.63) is 29.8 Å². The van der Waals surface area contributed by atoms with Crippen molar-refractivity contribution in [3.8, 4) is 5.75 Å². The van der Waals surface area contributed by atoms with Crippen LogP contribution in [0.15, 0.2) is 24.3 Å². The maximum atomic E-state index is 12.5. The van der Waals surface area contributed by atoms with Crippen LogP contribution in [0.25, 0.3) is 0 Å². The molecule has 7 nitrogen and oxygen atoms in total. The molecule has 2 N–H and O–H groups in total. The number of methoxy groups -OCH3 is 1. The van der Waals surface area contributed by atoms with Crippen molar-refractivity contribution in [2.45, 2.75) is 38.8 Å². The number of benzene rings is 1. The number of hydrogen-bond donors (Lipinski definition) is 2. The first-order valence-electron chi connectivity index (χ1n) is 8.58. The lowest BCUT2D eigenvalue weighted by atomic mass is 10.1. The molecule has 150 valence electrons. The molecule has 27 heavy (non-hydrogen) atoms. The summed E-state index contributed by atoms with van der Waals surface area (Å²) in [5.74, 6) is -0.404. The first-order valence-corrected chi connectivity index (χ1v) is 9.97. The average Bonchev–Trinajstić information content (AvgIpc) is 2.61. The van der Waals surface area contributed by atoms with Crippen LogP contribution >= 0.6 is 11.8 Å². The van der Waals surface area contributed by atoms with E-state index in [2.05, 4.69) is 10.6 Å². The summed E-state index contributed by atoms with van der Waals surface area (Å²) in [6.45, 7) is 5.11. The van der Waals surface area contributed by atoms with Gasteiger partial charge < -0.3 is 20.1 Å². The molecule has 1 rings (SSSR count). The summed E-state index contributed by atoms with van der Waals surface area (Å²) in [7, 11) is 1.47. The number of hydrogen-bond acceptors (Lipinski definition) is 6. The van der Waals surface area contributed by atoms with E-state index in [4.69, 9.17) is 9.47 Å². The smallest absolute Gasteiger partial charge is 0.329 e. The van der Waals surface area contributed by atoms with Gasteiger partial charge in [-0.3, -0.25) is 9.59 Å². The van der Waals surface area contributed by atoms with Gasteiger partial charge in [-0.2, -0.15) is 11.8 Å². The number of amides is 2. The lowest BCUT2D eigenvalue weighted by Gasteiger charge is -2.21. The summed E-state index contributed by atoms with van der Waals surface area (Å²) in [5.41, 5.74) is -0.0905. The van der Waals surface area contributed by atoms with E-state index in [1.54, 1.807) is 36.0 Å². The third-order valence-electron chi connectivity index (χ3n) is 3.41. The van der Waals surface area contributed by atoms with Gasteiger partial charge in [-0.05, 0) is 51.3 Å². The fraction of sp³-hybridized carbons (Fsp3) is 0.526. The van der Waals surface area contributed by atoms with E-state index in [1.165, 1.54) is 7.11 Å². The van der Waals surface area contributed by atoms with Gasteiger partial charge in [0.1, 0.15) is 11.8 Å². The Labute approximate surface area is 164 Å². The topological polar surface area (TPSA) is 93.7 Å².